The summed E-state index contributed by atoms with van der Waals surface area (Å²) < 4.78 is 9.58. The normalized spacial score (nSPS) is 27.7. The molecule has 4 saturated carbocycles. The first kappa shape index (κ1) is 24.0. The third-order valence-corrected chi connectivity index (χ3v) is 8.11. The van der Waals surface area contributed by atoms with Gasteiger partial charge < -0.3 is 20.1 Å². The molecule has 2 N–H and O–H groups in total. The van der Waals surface area contributed by atoms with Gasteiger partial charge in [-0.3, -0.25) is 9.59 Å². The van der Waals surface area contributed by atoms with Crippen molar-refractivity contribution in [3.8, 4) is 0 Å². The lowest BCUT2D eigenvalue weighted by atomic mass is 9.43. The summed E-state index contributed by atoms with van der Waals surface area (Å²) in [6, 6.07) is 13.4. The van der Waals surface area contributed by atoms with E-state index in [1.807, 2.05) is 0 Å². The van der Waals surface area contributed by atoms with E-state index in [4.69, 9.17) is 9.47 Å². The van der Waals surface area contributed by atoms with Gasteiger partial charge in [-0.05, 0) is 86.8 Å². The number of hydrogen-bond acceptors (Lipinski definition) is 6. The molecule has 2 aromatic rings. The number of nitrogens with one attached hydrogen (secondary N) is 2. The number of esters is 2. The lowest BCUT2D eigenvalue weighted by Gasteiger charge is -2.60. The standard InChI is InChI=1S/C28H30N2O6/c1-35-23(31)19-5-3-7-21(10-19)29-25(33)27-12-17-9-18(13-27)15-28(14-17,16-27)26(34)30-22-8-4-6-20(11-22)24(32)36-2/h3-8,10-11,17-18H,9,12-16H2,1-2H3,(H,29,33)(H,30,34). The van der Waals surface area contributed by atoms with Gasteiger partial charge in [0.25, 0.3) is 0 Å². The fourth-order valence-electron chi connectivity index (χ4n) is 7.00. The van der Waals surface area contributed by atoms with E-state index in [0.29, 0.717) is 40.8 Å². The molecule has 4 fully saturated rings. The monoisotopic (exact) mass is 490 g/mol. The zero-order chi connectivity index (χ0) is 25.5. The van der Waals surface area contributed by atoms with Crippen LogP contribution in [0, 0.1) is 22.7 Å². The highest BCUT2D eigenvalue weighted by molar-refractivity contribution is 6.01. The average Bonchev–Trinajstić information content (AvgIpc) is 2.87. The average molecular weight is 491 g/mol. The van der Waals surface area contributed by atoms with Crippen molar-refractivity contribution >= 4 is 35.1 Å². The van der Waals surface area contributed by atoms with Crippen LogP contribution in [0.2, 0.25) is 0 Å². The Morgan fingerprint density at radius 3 is 1.53 bits per heavy atom. The Hall–Kier alpha value is -3.68. The molecule has 188 valence electrons. The number of methoxy groups -OCH3 is 2. The molecule has 0 saturated heterocycles. The Morgan fingerprint density at radius 1 is 0.722 bits per heavy atom. The Balaban J connectivity index is 1.37. The van der Waals surface area contributed by atoms with Crippen molar-refractivity contribution in [2.75, 3.05) is 24.9 Å². The largest absolute Gasteiger partial charge is 0.465 e. The third-order valence-electron chi connectivity index (χ3n) is 8.11. The van der Waals surface area contributed by atoms with Crippen molar-refractivity contribution in [3.63, 3.8) is 0 Å². The van der Waals surface area contributed by atoms with Crippen LogP contribution in [0.4, 0.5) is 11.4 Å². The summed E-state index contributed by atoms with van der Waals surface area (Å²) in [6.07, 6.45) is 4.58. The van der Waals surface area contributed by atoms with Crippen LogP contribution in [0.3, 0.4) is 0 Å². The predicted octanol–water partition coefficient (Wildman–Crippen LogP) is 4.42. The Bertz CT molecular complexity index is 1130. The number of hydrogen-bond donors (Lipinski definition) is 2. The number of anilines is 2. The predicted molar refractivity (Wildman–Crippen MR) is 132 cm³/mol. The molecule has 0 aromatic heterocycles. The summed E-state index contributed by atoms with van der Waals surface area (Å²) in [7, 11) is 2.64. The van der Waals surface area contributed by atoms with Gasteiger partial charge in [-0.2, -0.15) is 0 Å². The Labute approximate surface area is 209 Å². The second kappa shape index (κ2) is 9.08. The fourth-order valence-corrected chi connectivity index (χ4v) is 7.00. The van der Waals surface area contributed by atoms with E-state index in [2.05, 4.69) is 10.6 Å². The van der Waals surface area contributed by atoms with Gasteiger partial charge in [0.15, 0.2) is 0 Å². The molecule has 2 amide bonds. The van der Waals surface area contributed by atoms with Crippen molar-refractivity contribution in [1.82, 2.24) is 0 Å². The van der Waals surface area contributed by atoms with Gasteiger partial charge in [-0.15, -0.1) is 0 Å². The highest BCUT2D eigenvalue weighted by atomic mass is 16.5. The summed E-state index contributed by atoms with van der Waals surface area (Å²) in [5, 5.41) is 6.04. The van der Waals surface area contributed by atoms with E-state index in [-0.39, 0.29) is 11.8 Å². The van der Waals surface area contributed by atoms with Crippen LogP contribution in [-0.2, 0) is 19.1 Å². The second-order valence-corrected chi connectivity index (χ2v) is 10.6. The second-order valence-electron chi connectivity index (χ2n) is 10.6. The SMILES string of the molecule is COC(=O)c1cccc(NC(=O)C23CC4CC(C2)CC(C(=O)Nc2cccc(C(=O)OC)c2)(C4)C3)c1. The molecule has 0 atom stereocenters. The number of rotatable bonds is 6. The minimum Gasteiger partial charge on any atom is -0.465 e. The van der Waals surface area contributed by atoms with Gasteiger partial charge in [0.05, 0.1) is 36.2 Å². The van der Waals surface area contributed by atoms with Crippen molar-refractivity contribution in [1.29, 1.82) is 0 Å². The number of amides is 2. The number of carbonyl (C=O) groups is 4. The highest BCUT2D eigenvalue weighted by Crippen LogP contribution is 2.65. The number of benzene rings is 2. The van der Waals surface area contributed by atoms with Gasteiger partial charge in [-0.25, -0.2) is 9.59 Å². The van der Waals surface area contributed by atoms with E-state index in [0.717, 1.165) is 32.1 Å². The maximum absolute atomic E-state index is 13.7. The van der Waals surface area contributed by atoms with E-state index in [9.17, 15) is 19.2 Å². The highest BCUT2D eigenvalue weighted by Gasteiger charge is 2.63. The zero-order valence-corrected chi connectivity index (χ0v) is 20.5. The van der Waals surface area contributed by atoms with Crippen LogP contribution < -0.4 is 10.6 Å². The van der Waals surface area contributed by atoms with Crippen LogP contribution >= 0.6 is 0 Å². The molecular weight excluding hydrogens is 460 g/mol. The minimum atomic E-state index is -0.628. The Kier molecular flexibility index (Phi) is 6.06. The first-order valence-corrected chi connectivity index (χ1v) is 12.3. The van der Waals surface area contributed by atoms with Gasteiger partial charge in [0, 0.05) is 11.4 Å². The molecule has 0 heterocycles. The summed E-state index contributed by atoms with van der Waals surface area (Å²) in [6.45, 7) is 0. The summed E-state index contributed by atoms with van der Waals surface area (Å²) in [4.78, 5) is 51.2. The van der Waals surface area contributed by atoms with E-state index < -0.39 is 22.8 Å². The van der Waals surface area contributed by atoms with E-state index in [1.54, 1.807) is 48.5 Å². The van der Waals surface area contributed by atoms with Crippen LogP contribution in [0.1, 0.15) is 59.2 Å². The van der Waals surface area contributed by atoms with Crippen LogP contribution in [0.5, 0.6) is 0 Å². The molecular formula is C28H30N2O6. The molecule has 2 aromatic carbocycles. The van der Waals surface area contributed by atoms with E-state index >= 15 is 0 Å². The third kappa shape index (κ3) is 4.25. The molecule has 8 heteroatoms. The lowest BCUT2D eigenvalue weighted by molar-refractivity contribution is -0.161. The van der Waals surface area contributed by atoms with Crippen molar-refractivity contribution < 1.29 is 28.7 Å². The summed E-state index contributed by atoms with van der Waals surface area (Å²) >= 11 is 0. The quantitative estimate of drug-likeness (QED) is 0.580. The molecule has 0 unspecified atom stereocenters. The molecule has 4 aliphatic rings. The molecule has 0 radical (unpaired) electrons. The van der Waals surface area contributed by atoms with Gasteiger partial charge in [0.1, 0.15) is 0 Å². The topological polar surface area (TPSA) is 111 Å². The zero-order valence-electron chi connectivity index (χ0n) is 20.5. The maximum Gasteiger partial charge on any atom is 0.337 e. The summed E-state index contributed by atoms with van der Waals surface area (Å²) in [5.41, 5.74) is 0.554. The Morgan fingerprint density at radius 2 is 1.14 bits per heavy atom. The van der Waals surface area contributed by atoms with Gasteiger partial charge in [0.2, 0.25) is 11.8 Å². The molecule has 4 bridgehead atoms. The van der Waals surface area contributed by atoms with Gasteiger partial charge in [-0.1, -0.05) is 12.1 Å². The molecule has 0 spiro atoms. The molecule has 8 nitrogen and oxygen atoms in total. The smallest absolute Gasteiger partial charge is 0.337 e. The van der Waals surface area contributed by atoms with E-state index in [1.165, 1.54) is 14.2 Å². The minimum absolute atomic E-state index is 0.0940. The maximum atomic E-state index is 13.7. The molecule has 36 heavy (non-hydrogen) atoms. The van der Waals surface area contributed by atoms with Crippen LogP contribution in [0.25, 0.3) is 0 Å². The number of carbonyl (C=O) groups excluding carboxylic acids is 4. The fraction of sp³-hybridized carbons (Fsp3) is 0.429. The molecule has 6 rings (SSSR count). The van der Waals surface area contributed by atoms with Crippen LogP contribution in [0.15, 0.2) is 48.5 Å². The molecule has 4 aliphatic carbocycles. The van der Waals surface area contributed by atoms with Gasteiger partial charge >= 0.3 is 11.9 Å². The number of ether oxygens (including phenoxy) is 2. The van der Waals surface area contributed by atoms with Crippen molar-refractivity contribution in [2.45, 2.75) is 38.5 Å². The first-order valence-electron chi connectivity index (χ1n) is 12.3. The van der Waals surface area contributed by atoms with Crippen molar-refractivity contribution in [3.05, 3.63) is 59.7 Å². The molecule has 0 aliphatic heterocycles. The first-order chi connectivity index (χ1) is 17.3. The summed E-state index contributed by atoms with van der Waals surface area (Å²) in [5.74, 6) is -0.497. The van der Waals surface area contributed by atoms with Crippen molar-refractivity contribution in [2.24, 2.45) is 22.7 Å². The van der Waals surface area contributed by atoms with Crippen LogP contribution in [-0.4, -0.2) is 38.0 Å². The lowest BCUT2D eigenvalue weighted by Crippen LogP contribution is -2.59.